The fourth-order valence-electron chi connectivity index (χ4n) is 2.29. The molecule has 0 aliphatic carbocycles. The Morgan fingerprint density at radius 3 is 2.85 bits per heavy atom. The van der Waals surface area contributed by atoms with Gasteiger partial charge in [-0.05, 0) is 17.7 Å². The van der Waals surface area contributed by atoms with Crippen molar-refractivity contribution in [2.45, 2.75) is 18.6 Å². The molecule has 1 aliphatic heterocycles. The minimum absolute atomic E-state index is 0.256. The van der Waals surface area contributed by atoms with Gasteiger partial charge in [0.25, 0.3) is 0 Å². The van der Waals surface area contributed by atoms with Gasteiger partial charge in [-0.1, -0.05) is 23.7 Å². The number of amides is 1. The minimum atomic E-state index is -4.49. The first kappa shape index (κ1) is 15.1. The summed E-state index contributed by atoms with van der Waals surface area (Å²) in [6.07, 6.45) is -5.91. The van der Waals surface area contributed by atoms with Crippen LogP contribution in [0, 0.1) is 0 Å². The Morgan fingerprint density at radius 1 is 1.45 bits per heavy atom. The molecule has 1 aromatic carbocycles. The van der Waals surface area contributed by atoms with Crippen LogP contribution in [0.5, 0.6) is 0 Å². The molecule has 1 aromatic rings. The average molecular weight is 307 g/mol. The third kappa shape index (κ3) is 3.86. The molecule has 2 rings (SSSR count). The number of benzene rings is 1. The lowest BCUT2D eigenvalue weighted by molar-refractivity contribution is -0.163. The summed E-state index contributed by atoms with van der Waals surface area (Å²) < 4.78 is 37.1. The maximum absolute atomic E-state index is 12.4. The molecule has 1 saturated heterocycles. The number of nitrogens with one attached hydrogen (secondary N) is 1. The molecule has 110 valence electrons. The maximum atomic E-state index is 12.4. The number of nitrogens with zero attached hydrogens (tertiary/aromatic N) is 1. The lowest BCUT2D eigenvalue weighted by atomic mass is 10.0. The van der Waals surface area contributed by atoms with Gasteiger partial charge in [-0.3, -0.25) is 4.79 Å². The number of carbonyl (C=O) groups excluding carboxylic acids is 1. The second-order valence-corrected chi connectivity index (χ2v) is 5.09. The van der Waals surface area contributed by atoms with Gasteiger partial charge in [-0.2, -0.15) is 13.2 Å². The fourth-order valence-corrected chi connectivity index (χ4v) is 2.49. The maximum Gasteiger partial charge on any atom is 0.397 e. The fraction of sp³-hybridized carbons (Fsp3) is 0.462. The van der Waals surface area contributed by atoms with Crippen LogP contribution in [0.15, 0.2) is 24.3 Å². The Morgan fingerprint density at radius 2 is 2.20 bits per heavy atom. The highest BCUT2D eigenvalue weighted by atomic mass is 35.5. The van der Waals surface area contributed by atoms with Crippen LogP contribution in [0.2, 0.25) is 5.02 Å². The van der Waals surface area contributed by atoms with E-state index in [2.05, 4.69) is 5.32 Å². The van der Waals surface area contributed by atoms with Crippen molar-refractivity contribution in [3.05, 3.63) is 34.9 Å². The van der Waals surface area contributed by atoms with E-state index in [0.29, 0.717) is 18.1 Å². The van der Waals surface area contributed by atoms with Crippen molar-refractivity contribution in [1.82, 2.24) is 10.2 Å². The summed E-state index contributed by atoms with van der Waals surface area (Å²) in [6, 6.07) is 6.42. The standard InChI is InChI=1S/C13H14ClF3N2O/c14-10-3-1-2-9(6-10)11-8-18-4-5-19(11)12(20)7-13(15,16)17/h1-3,6,11,18H,4-5,7-8H2. The van der Waals surface area contributed by atoms with Crippen LogP contribution < -0.4 is 5.32 Å². The second-order valence-electron chi connectivity index (χ2n) is 4.65. The van der Waals surface area contributed by atoms with Crippen molar-refractivity contribution in [2.24, 2.45) is 0 Å². The zero-order valence-corrected chi connectivity index (χ0v) is 11.3. The monoisotopic (exact) mass is 306 g/mol. The van der Waals surface area contributed by atoms with E-state index in [1.54, 1.807) is 24.3 Å². The van der Waals surface area contributed by atoms with Crippen molar-refractivity contribution in [1.29, 1.82) is 0 Å². The lowest BCUT2D eigenvalue weighted by Gasteiger charge is -2.37. The number of hydrogen-bond donors (Lipinski definition) is 1. The first-order chi connectivity index (χ1) is 9.37. The molecule has 0 radical (unpaired) electrons. The van der Waals surface area contributed by atoms with E-state index in [1.807, 2.05) is 0 Å². The first-order valence-electron chi connectivity index (χ1n) is 6.19. The molecule has 1 N–H and O–H groups in total. The number of carbonyl (C=O) groups is 1. The molecule has 1 amide bonds. The van der Waals surface area contributed by atoms with Gasteiger partial charge in [0.2, 0.25) is 5.91 Å². The smallest absolute Gasteiger partial charge is 0.333 e. The van der Waals surface area contributed by atoms with E-state index in [9.17, 15) is 18.0 Å². The Hall–Kier alpha value is -1.27. The van der Waals surface area contributed by atoms with Crippen molar-refractivity contribution < 1.29 is 18.0 Å². The summed E-state index contributed by atoms with van der Waals surface area (Å²) in [6.45, 7) is 1.16. The minimum Gasteiger partial charge on any atom is -0.333 e. The van der Waals surface area contributed by atoms with E-state index < -0.39 is 24.5 Å². The van der Waals surface area contributed by atoms with Crippen molar-refractivity contribution >= 4 is 17.5 Å². The van der Waals surface area contributed by atoms with Crippen LogP contribution in [0.1, 0.15) is 18.0 Å². The van der Waals surface area contributed by atoms with Crippen LogP contribution in [0.4, 0.5) is 13.2 Å². The van der Waals surface area contributed by atoms with Gasteiger partial charge in [0.1, 0.15) is 6.42 Å². The number of rotatable bonds is 2. The second kappa shape index (κ2) is 6.01. The molecule has 0 spiro atoms. The van der Waals surface area contributed by atoms with Crippen LogP contribution in [-0.2, 0) is 4.79 Å². The number of piperazine rings is 1. The van der Waals surface area contributed by atoms with Gasteiger partial charge in [-0.25, -0.2) is 0 Å². The molecule has 0 saturated carbocycles. The molecule has 20 heavy (non-hydrogen) atoms. The molecule has 0 bridgehead atoms. The summed E-state index contributed by atoms with van der Waals surface area (Å²) in [4.78, 5) is 13.1. The molecule has 1 heterocycles. The highest BCUT2D eigenvalue weighted by molar-refractivity contribution is 6.30. The van der Waals surface area contributed by atoms with Crippen LogP contribution in [0.3, 0.4) is 0 Å². The Bertz CT molecular complexity index is 493. The summed E-state index contributed by atoms with van der Waals surface area (Å²) in [5.74, 6) is -0.899. The Kier molecular flexibility index (Phi) is 4.55. The largest absolute Gasteiger partial charge is 0.397 e. The van der Waals surface area contributed by atoms with E-state index in [1.165, 1.54) is 4.90 Å². The predicted molar refractivity (Wildman–Crippen MR) is 69.4 cm³/mol. The number of alkyl halides is 3. The molecule has 1 atom stereocenters. The molecule has 7 heteroatoms. The summed E-state index contributed by atoms with van der Waals surface area (Å²) >= 11 is 5.89. The van der Waals surface area contributed by atoms with E-state index in [4.69, 9.17) is 11.6 Å². The quantitative estimate of drug-likeness (QED) is 0.911. The average Bonchev–Trinajstić information content (AvgIpc) is 2.37. The van der Waals surface area contributed by atoms with Gasteiger partial charge in [0, 0.05) is 24.7 Å². The summed E-state index contributed by atoms with van der Waals surface area (Å²) in [5.41, 5.74) is 0.736. The molecule has 1 fully saturated rings. The lowest BCUT2D eigenvalue weighted by Crippen LogP contribution is -2.49. The molecule has 3 nitrogen and oxygen atoms in total. The summed E-state index contributed by atoms with van der Waals surface area (Å²) in [5, 5.41) is 3.58. The van der Waals surface area contributed by atoms with E-state index in [-0.39, 0.29) is 6.54 Å². The van der Waals surface area contributed by atoms with Crippen LogP contribution >= 0.6 is 11.6 Å². The molecule has 0 aromatic heterocycles. The van der Waals surface area contributed by atoms with Crippen molar-refractivity contribution in [3.63, 3.8) is 0 Å². The normalized spacial score (nSPS) is 20.0. The topological polar surface area (TPSA) is 32.3 Å². The Balaban J connectivity index is 2.19. The van der Waals surface area contributed by atoms with E-state index >= 15 is 0 Å². The third-order valence-electron chi connectivity index (χ3n) is 3.15. The third-order valence-corrected chi connectivity index (χ3v) is 3.38. The zero-order chi connectivity index (χ0) is 14.8. The number of halogens is 4. The predicted octanol–water partition coefficient (Wildman–Crippen LogP) is 2.77. The van der Waals surface area contributed by atoms with E-state index in [0.717, 1.165) is 5.56 Å². The molecule has 1 unspecified atom stereocenters. The van der Waals surface area contributed by atoms with Gasteiger partial charge in [0.05, 0.1) is 6.04 Å². The van der Waals surface area contributed by atoms with Crippen LogP contribution in [0.25, 0.3) is 0 Å². The SMILES string of the molecule is O=C(CC(F)(F)F)N1CCNCC1c1cccc(Cl)c1. The molecular weight excluding hydrogens is 293 g/mol. The first-order valence-corrected chi connectivity index (χ1v) is 6.57. The molecular formula is C13H14ClF3N2O. The highest BCUT2D eigenvalue weighted by Crippen LogP contribution is 2.28. The van der Waals surface area contributed by atoms with Crippen LogP contribution in [-0.4, -0.2) is 36.6 Å². The number of hydrogen-bond acceptors (Lipinski definition) is 2. The van der Waals surface area contributed by atoms with Gasteiger partial charge >= 0.3 is 6.18 Å². The van der Waals surface area contributed by atoms with Gasteiger partial charge in [-0.15, -0.1) is 0 Å². The molecule has 1 aliphatic rings. The van der Waals surface area contributed by atoms with Crippen molar-refractivity contribution in [3.8, 4) is 0 Å². The summed E-state index contributed by atoms with van der Waals surface area (Å²) in [7, 11) is 0. The Labute approximate surface area is 119 Å². The zero-order valence-electron chi connectivity index (χ0n) is 10.6. The van der Waals surface area contributed by atoms with Crippen molar-refractivity contribution in [2.75, 3.05) is 19.6 Å². The van der Waals surface area contributed by atoms with Gasteiger partial charge in [0.15, 0.2) is 0 Å². The highest BCUT2D eigenvalue weighted by Gasteiger charge is 2.36. The van der Waals surface area contributed by atoms with Gasteiger partial charge < -0.3 is 10.2 Å².